The lowest BCUT2D eigenvalue weighted by Gasteiger charge is -2.14. The van der Waals surface area contributed by atoms with Crippen LogP contribution in [0, 0.1) is 5.92 Å². The van der Waals surface area contributed by atoms with E-state index in [1.807, 2.05) is 24.3 Å². The van der Waals surface area contributed by atoms with Crippen LogP contribution in [-0.4, -0.2) is 41.7 Å². The minimum atomic E-state index is -0.911. The summed E-state index contributed by atoms with van der Waals surface area (Å²) in [6.45, 7) is 6.82. The fourth-order valence-electron chi connectivity index (χ4n) is 3.91. The van der Waals surface area contributed by atoms with E-state index in [4.69, 9.17) is 14.2 Å². The van der Waals surface area contributed by atoms with Crippen LogP contribution in [0.15, 0.2) is 36.7 Å². The number of hydrogen-bond donors (Lipinski definition) is 0. The van der Waals surface area contributed by atoms with Crippen molar-refractivity contribution in [3.05, 3.63) is 42.2 Å². The van der Waals surface area contributed by atoms with Gasteiger partial charge in [0.2, 0.25) is 0 Å². The first-order valence-corrected chi connectivity index (χ1v) is 13.5. The Morgan fingerprint density at radius 2 is 1.33 bits per heavy atom. The SMILES string of the molecule is CCCCCCCCCCOc1cnc(-c2ccc(CCC(C(=O)OCC)C(=O)OCC)cc2)nc1. The van der Waals surface area contributed by atoms with Crippen molar-refractivity contribution in [3.8, 4) is 17.1 Å². The molecule has 1 heterocycles. The predicted octanol–water partition coefficient (Wildman–Crippen LogP) is 6.34. The Kier molecular flexibility index (Phi) is 14.2. The second-order valence-electron chi connectivity index (χ2n) is 8.86. The summed E-state index contributed by atoms with van der Waals surface area (Å²) in [5.74, 6) is -0.679. The Morgan fingerprint density at radius 3 is 1.89 bits per heavy atom. The number of aryl methyl sites for hydroxylation is 1. The number of carbonyl (C=O) groups is 2. The van der Waals surface area contributed by atoms with Gasteiger partial charge in [-0.25, -0.2) is 9.97 Å². The Hall–Kier alpha value is -2.96. The molecule has 0 aliphatic rings. The highest BCUT2D eigenvalue weighted by Crippen LogP contribution is 2.20. The summed E-state index contributed by atoms with van der Waals surface area (Å²) in [4.78, 5) is 33.2. The average molecular weight is 499 g/mol. The van der Waals surface area contributed by atoms with Crippen molar-refractivity contribution in [2.24, 2.45) is 5.92 Å². The normalized spacial score (nSPS) is 10.9. The van der Waals surface area contributed by atoms with Crippen molar-refractivity contribution in [3.63, 3.8) is 0 Å². The quantitative estimate of drug-likeness (QED) is 0.135. The van der Waals surface area contributed by atoms with Gasteiger partial charge in [0.25, 0.3) is 0 Å². The van der Waals surface area contributed by atoms with E-state index in [1.54, 1.807) is 26.2 Å². The third kappa shape index (κ3) is 10.8. The standard InChI is InChI=1S/C29H42N2O5/c1-4-7-8-9-10-11-12-13-20-36-25-21-30-27(31-22-25)24-17-14-23(15-18-24)16-19-26(28(32)34-5-2)29(33)35-6-3/h14-15,17-18,21-22,26H,4-13,16,19-20H2,1-3H3. The first-order chi connectivity index (χ1) is 17.6. The minimum Gasteiger partial charge on any atom is -0.490 e. The number of hydrogen-bond acceptors (Lipinski definition) is 7. The molecule has 0 saturated heterocycles. The summed E-state index contributed by atoms with van der Waals surface area (Å²) in [5.41, 5.74) is 1.89. The zero-order valence-electron chi connectivity index (χ0n) is 22.2. The van der Waals surface area contributed by atoms with E-state index < -0.39 is 17.9 Å². The molecule has 36 heavy (non-hydrogen) atoms. The lowest BCUT2D eigenvalue weighted by Crippen LogP contribution is -2.28. The van der Waals surface area contributed by atoms with Gasteiger partial charge in [-0.1, -0.05) is 76.1 Å². The van der Waals surface area contributed by atoms with Gasteiger partial charge < -0.3 is 14.2 Å². The van der Waals surface area contributed by atoms with Crippen LogP contribution in [0.25, 0.3) is 11.4 Å². The maximum absolute atomic E-state index is 12.2. The summed E-state index contributed by atoms with van der Waals surface area (Å²) in [5, 5.41) is 0. The second-order valence-corrected chi connectivity index (χ2v) is 8.86. The number of nitrogens with zero attached hydrogens (tertiary/aromatic N) is 2. The molecule has 7 heteroatoms. The number of unbranched alkanes of at least 4 members (excludes halogenated alkanes) is 7. The number of rotatable bonds is 18. The number of esters is 2. The highest BCUT2D eigenvalue weighted by Gasteiger charge is 2.29. The van der Waals surface area contributed by atoms with Crippen LogP contribution in [-0.2, 0) is 25.5 Å². The van der Waals surface area contributed by atoms with Crippen molar-refractivity contribution in [1.29, 1.82) is 0 Å². The first kappa shape index (κ1) is 29.3. The topological polar surface area (TPSA) is 87.6 Å². The van der Waals surface area contributed by atoms with Gasteiger partial charge in [0.05, 0.1) is 32.2 Å². The fourth-order valence-corrected chi connectivity index (χ4v) is 3.91. The van der Waals surface area contributed by atoms with Gasteiger partial charge in [-0.2, -0.15) is 0 Å². The number of aromatic nitrogens is 2. The highest BCUT2D eigenvalue weighted by molar-refractivity contribution is 5.94. The molecule has 0 atom stereocenters. The molecule has 0 saturated carbocycles. The van der Waals surface area contributed by atoms with Crippen molar-refractivity contribution in [2.45, 2.75) is 85.0 Å². The van der Waals surface area contributed by atoms with E-state index in [2.05, 4.69) is 16.9 Å². The maximum Gasteiger partial charge on any atom is 0.320 e. The molecule has 0 amide bonds. The van der Waals surface area contributed by atoms with Gasteiger partial charge in [0.15, 0.2) is 17.5 Å². The Labute approximate surface area is 216 Å². The van der Waals surface area contributed by atoms with Gasteiger partial charge in [0, 0.05) is 5.56 Å². The van der Waals surface area contributed by atoms with E-state index in [9.17, 15) is 9.59 Å². The molecular formula is C29H42N2O5. The monoisotopic (exact) mass is 498 g/mol. The summed E-state index contributed by atoms with van der Waals surface area (Å²) in [7, 11) is 0. The Balaban J connectivity index is 1.78. The number of ether oxygens (including phenoxy) is 3. The minimum absolute atomic E-state index is 0.229. The summed E-state index contributed by atoms with van der Waals surface area (Å²) in [6.07, 6.45) is 14.5. The molecule has 7 nitrogen and oxygen atoms in total. The Bertz CT molecular complexity index is 866. The number of carbonyl (C=O) groups excluding carboxylic acids is 2. The van der Waals surface area contributed by atoms with Gasteiger partial charge in [0.1, 0.15) is 0 Å². The van der Waals surface area contributed by atoms with Crippen molar-refractivity contribution >= 4 is 11.9 Å². The molecule has 0 fully saturated rings. The van der Waals surface area contributed by atoms with Gasteiger partial charge in [-0.3, -0.25) is 9.59 Å². The fraction of sp³-hybridized carbons (Fsp3) is 0.586. The van der Waals surface area contributed by atoms with Crippen molar-refractivity contribution < 1.29 is 23.8 Å². The summed E-state index contributed by atoms with van der Waals surface area (Å²) >= 11 is 0. The van der Waals surface area contributed by atoms with E-state index in [-0.39, 0.29) is 13.2 Å². The van der Waals surface area contributed by atoms with Crippen LogP contribution in [0.2, 0.25) is 0 Å². The third-order valence-electron chi connectivity index (χ3n) is 5.97. The molecule has 0 bridgehead atoms. The molecule has 0 aliphatic heterocycles. The van der Waals surface area contributed by atoms with Crippen LogP contribution < -0.4 is 4.74 Å². The van der Waals surface area contributed by atoms with Crippen LogP contribution in [0.4, 0.5) is 0 Å². The molecule has 0 radical (unpaired) electrons. The van der Waals surface area contributed by atoms with Crippen LogP contribution in [0.3, 0.4) is 0 Å². The van der Waals surface area contributed by atoms with Gasteiger partial charge >= 0.3 is 11.9 Å². The molecule has 0 N–H and O–H groups in total. The lowest BCUT2D eigenvalue weighted by atomic mass is 9.98. The van der Waals surface area contributed by atoms with Crippen LogP contribution in [0.1, 0.15) is 84.1 Å². The largest absolute Gasteiger partial charge is 0.490 e. The van der Waals surface area contributed by atoms with E-state index >= 15 is 0 Å². The zero-order chi connectivity index (χ0) is 26.0. The molecule has 1 aromatic heterocycles. The van der Waals surface area contributed by atoms with Crippen LogP contribution >= 0.6 is 0 Å². The van der Waals surface area contributed by atoms with E-state index in [1.165, 1.54) is 44.9 Å². The molecule has 2 aromatic rings. The van der Waals surface area contributed by atoms with Crippen LogP contribution in [0.5, 0.6) is 5.75 Å². The maximum atomic E-state index is 12.2. The van der Waals surface area contributed by atoms with E-state index in [0.29, 0.717) is 31.0 Å². The molecule has 0 unspecified atom stereocenters. The molecule has 1 aromatic carbocycles. The third-order valence-corrected chi connectivity index (χ3v) is 5.97. The highest BCUT2D eigenvalue weighted by atomic mass is 16.6. The molecule has 2 rings (SSSR count). The van der Waals surface area contributed by atoms with Gasteiger partial charge in [-0.15, -0.1) is 0 Å². The van der Waals surface area contributed by atoms with Crippen molar-refractivity contribution in [1.82, 2.24) is 9.97 Å². The summed E-state index contributed by atoms with van der Waals surface area (Å²) in [6, 6.07) is 7.79. The predicted molar refractivity (Wildman–Crippen MR) is 141 cm³/mol. The zero-order valence-corrected chi connectivity index (χ0v) is 22.2. The van der Waals surface area contributed by atoms with E-state index in [0.717, 1.165) is 17.5 Å². The van der Waals surface area contributed by atoms with Crippen molar-refractivity contribution in [2.75, 3.05) is 19.8 Å². The smallest absolute Gasteiger partial charge is 0.320 e. The second kappa shape index (κ2) is 17.5. The molecular weight excluding hydrogens is 456 g/mol. The molecule has 198 valence electrons. The molecule has 0 aliphatic carbocycles. The molecule has 0 spiro atoms. The Morgan fingerprint density at radius 1 is 0.778 bits per heavy atom. The lowest BCUT2D eigenvalue weighted by molar-refractivity contribution is -0.161. The van der Waals surface area contributed by atoms with Gasteiger partial charge in [-0.05, 0) is 38.7 Å². The summed E-state index contributed by atoms with van der Waals surface area (Å²) < 4.78 is 15.9. The first-order valence-electron chi connectivity index (χ1n) is 13.5. The average Bonchev–Trinajstić information content (AvgIpc) is 2.89. The number of benzene rings is 1.